The summed E-state index contributed by atoms with van der Waals surface area (Å²) in [4.78, 5) is 17.3. The number of amides is 2. The van der Waals surface area contributed by atoms with Crippen LogP contribution in [0, 0.1) is 5.82 Å². The highest BCUT2D eigenvalue weighted by Crippen LogP contribution is 2.36. The van der Waals surface area contributed by atoms with Gasteiger partial charge in [0.05, 0.1) is 13.2 Å². The van der Waals surface area contributed by atoms with Crippen molar-refractivity contribution in [2.75, 3.05) is 12.9 Å². The van der Waals surface area contributed by atoms with Crippen LogP contribution in [0.3, 0.4) is 0 Å². The van der Waals surface area contributed by atoms with Crippen LogP contribution >= 0.6 is 11.8 Å². The first-order chi connectivity index (χ1) is 11.7. The summed E-state index contributed by atoms with van der Waals surface area (Å²) >= 11 is 1.68. The summed E-state index contributed by atoms with van der Waals surface area (Å²) in [6.45, 7) is 0.306. The summed E-state index contributed by atoms with van der Waals surface area (Å²) in [6.07, 6.45) is 2.40. The summed E-state index contributed by atoms with van der Waals surface area (Å²) in [7, 11) is 1.54. The molecule has 0 unspecified atom stereocenters. The van der Waals surface area contributed by atoms with Crippen LogP contribution in [0.25, 0.3) is 0 Å². The number of carbonyl (C=O) groups is 1. The summed E-state index contributed by atoms with van der Waals surface area (Å²) < 4.78 is 18.7. The Morgan fingerprint density at radius 1 is 1.46 bits per heavy atom. The molecule has 0 bridgehead atoms. The van der Waals surface area contributed by atoms with Crippen LogP contribution in [-0.2, 0) is 6.54 Å². The molecular formula is C17H18FN3O2S. The summed E-state index contributed by atoms with van der Waals surface area (Å²) in [6, 6.07) is 7.85. The number of nitrogens with zero attached hydrogens (tertiary/aromatic N) is 1. The average molecular weight is 347 g/mol. The van der Waals surface area contributed by atoms with Gasteiger partial charge in [-0.1, -0.05) is 6.07 Å². The van der Waals surface area contributed by atoms with Crippen LogP contribution in [0.5, 0.6) is 5.88 Å². The van der Waals surface area contributed by atoms with Gasteiger partial charge in [0.1, 0.15) is 5.82 Å². The van der Waals surface area contributed by atoms with E-state index in [9.17, 15) is 9.18 Å². The highest BCUT2D eigenvalue weighted by Gasteiger charge is 2.22. The number of urea groups is 1. The van der Waals surface area contributed by atoms with E-state index in [1.54, 1.807) is 30.1 Å². The number of carbonyl (C=O) groups excluding carboxylic acids is 1. The predicted octanol–water partition coefficient (Wildman–Crippen LogP) is 3.27. The molecule has 5 nitrogen and oxygen atoms in total. The molecule has 1 atom stereocenters. The van der Waals surface area contributed by atoms with Crippen molar-refractivity contribution in [2.45, 2.75) is 23.9 Å². The first-order valence-electron chi connectivity index (χ1n) is 7.62. The second kappa shape index (κ2) is 7.53. The van der Waals surface area contributed by atoms with E-state index in [-0.39, 0.29) is 17.9 Å². The Hall–Kier alpha value is -2.28. The molecule has 0 radical (unpaired) electrons. The number of pyridine rings is 1. The van der Waals surface area contributed by atoms with Crippen molar-refractivity contribution in [1.29, 1.82) is 0 Å². The molecule has 0 saturated carbocycles. The minimum atomic E-state index is -0.298. The Morgan fingerprint density at radius 3 is 3.17 bits per heavy atom. The largest absolute Gasteiger partial charge is 0.481 e. The molecule has 0 spiro atoms. The third kappa shape index (κ3) is 3.79. The van der Waals surface area contributed by atoms with Crippen LogP contribution in [0.2, 0.25) is 0 Å². The fourth-order valence-corrected chi connectivity index (χ4v) is 3.75. The lowest BCUT2D eigenvalue weighted by molar-refractivity contribution is 0.236. The fourth-order valence-electron chi connectivity index (χ4n) is 2.64. The number of halogens is 1. The molecule has 126 valence electrons. The van der Waals surface area contributed by atoms with Gasteiger partial charge in [-0.05, 0) is 36.2 Å². The van der Waals surface area contributed by atoms with E-state index in [2.05, 4.69) is 15.6 Å². The molecule has 2 amide bonds. The molecule has 2 heterocycles. The van der Waals surface area contributed by atoms with E-state index in [0.717, 1.165) is 28.2 Å². The van der Waals surface area contributed by atoms with E-state index in [1.807, 2.05) is 6.07 Å². The van der Waals surface area contributed by atoms with Gasteiger partial charge in [0, 0.05) is 29.0 Å². The Morgan fingerprint density at radius 2 is 2.33 bits per heavy atom. The number of hydrogen-bond donors (Lipinski definition) is 2. The van der Waals surface area contributed by atoms with Crippen molar-refractivity contribution in [3.05, 3.63) is 53.5 Å². The number of nitrogens with one attached hydrogen (secondary N) is 2. The van der Waals surface area contributed by atoms with Gasteiger partial charge in [-0.3, -0.25) is 0 Å². The molecule has 0 saturated heterocycles. The van der Waals surface area contributed by atoms with Gasteiger partial charge in [-0.15, -0.1) is 11.8 Å². The normalized spacial score (nSPS) is 16.2. The smallest absolute Gasteiger partial charge is 0.315 e. The molecule has 0 fully saturated rings. The molecule has 1 aliphatic rings. The minimum absolute atomic E-state index is 0.187. The number of benzene rings is 1. The van der Waals surface area contributed by atoms with Crippen LogP contribution in [-0.4, -0.2) is 23.9 Å². The molecule has 1 aromatic carbocycles. The molecule has 3 rings (SSSR count). The van der Waals surface area contributed by atoms with Gasteiger partial charge in [0.2, 0.25) is 5.88 Å². The SMILES string of the molecule is COc1ncccc1CNC(=O)N[C@H]1CCSc2ccc(F)cc21. The maximum Gasteiger partial charge on any atom is 0.315 e. The lowest BCUT2D eigenvalue weighted by Crippen LogP contribution is -2.38. The van der Waals surface area contributed by atoms with E-state index in [0.29, 0.717) is 12.4 Å². The van der Waals surface area contributed by atoms with Crippen LogP contribution < -0.4 is 15.4 Å². The first-order valence-corrected chi connectivity index (χ1v) is 8.60. The monoisotopic (exact) mass is 347 g/mol. The Bertz CT molecular complexity index is 742. The minimum Gasteiger partial charge on any atom is -0.481 e. The van der Waals surface area contributed by atoms with E-state index in [1.165, 1.54) is 19.2 Å². The third-order valence-corrected chi connectivity index (χ3v) is 4.92. The maximum atomic E-state index is 13.5. The lowest BCUT2D eigenvalue weighted by Gasteiger charge is -2.26. The first kappa shape index (κ1) is 16.6. The number of hydrogen-bond acceptors (Lipinski definition) is 4. The Kier molecular flexibility index (Phi) is 5.20. The van der Waals surface area contributed by atoms with E-state index in [4.69, 9.17) is 4.74 Å². The third-order valence-electron chi connectivity index (χ3n) is 3.80. The number of thioether (sulfide) groups is 1. The van der Waals surface area contributed by atoms with Gasteiger partial charge in [0.25, 0.3) is 0 Å². The van der Waals surface area contributed by atoms with Crippen LogP contribution in [0.4, 0.5) is 9.18 Å². The Labute approximate surface area is 144 Å². The number of ether oxygens (including phenoxy) is 1. The summed E-state index contributed by atoms with van der Waals surface area (Å²) in [5.74, 6) is 1.09. The molecule has 2 N–H and O–H groups in total. The van der Waals surface area contributed by atoms with Gasteiger partial charge in [0.15, 0.2) is 0 Å². The molecule has 0 aliphatic carbocycles. The predicted molar refractivity (Wildman–Crippen MR) is 90.6 cm³/mol. The quantitative estimate of drug-likeness (QED) is 0.891. The fraction of sp³-hybridized carbons (Fsp3) is 0.294. The van der Waals surface area contributed by atoms with Crippen molar-refractivity contribution >= 4 is 17.8 Å². The van der Waals surface area contributed by atoms with Crippen molar-refractivity contribution in [3.63, 3.8) is 0 Å². The molecule has 2 aromatic rings. The number of rotatable bonds is 4. The van der Waals surface area contributed by atoms with E-state index >= 15 is 0 Å². The molecule has 1 aromatic heterocycles. The molecular weight excluding hydrogens is 329 g/mol. The van der Waals surface area contributed by atoms with Gasteiger partial charge >= 0.3 is 6.03 Å². The second-order valence-electron chi connectivity index (χ2n) is 5.37. The van der Waals surface area contributed by atoms with Gasteiger partial charge in [-0.25, -0.2) is 14.2 Å². The number of aromatic nitrogens is 1. The van der Waals surface area contributed by atoms with Crippen molar-refractivity contribution in [1.82, 2.24) is 15.6 Å². The van der Waals surface area contributed by atoms with Crippen LogP contribution in [0.15, 0.2) is 41.4 Å². The van der Waals surface area contributed by atoms with Gasteiger partial charge in [-0.2, -0.15) is 0 Å². The lowest BCUT2D eigenvalue weighted by atomic mass is 10.0. The van der Waals surface area contributed by atoms with Crippen LogP contribution in [0.1, 0.15) is 23.6 Å². The zero-order chi connectivity index (χ0) is 16.9. The molecule has 7 heteroatoms. The highest BCUT2D eigenvalue weighted by molar-refractivity contribution is 7.99. The topological polar surface area (TPSA) is 63.2 Å². The maximum absolute atomic E-state index is 13.5. The standard InChI is InChI=1S/C17H18FN3O2S/c1-23-16-11(3-2-7-19-16)10-20-17(22)21-14-6-8-24-15-5-4-12(18)9-13(14)15/h2-5,7,9,14H,6,8,10H2,1H3,(H2,20,21,22)/t14-/m0/s1. The highest BCUT2D eigenvalue weighted by atomic mass is 32.2. The van der Waals surface area contributed by atoms with Gasteiger partial charge < -0.3 is 15.4 Å². The summed E-state index contributed by atoms with van der Waals surface area (Å²) in [5.41, 5.74) is 1.63. The van der Waals surface area contributed by atoms with E-state index < -0.39 is 0 Å². The number of methoxy groups -OCH3 is 1. The molecule has 1 aliphatic heterocycles. The summed E-state index contributed by atoms with van der Waals surface area (Å²) in [5, 5.41) is 5.71. The zero-order valence-electron chi connectivity index (χ0n) is 13.2. The number of fused-ring (bicyclic) bond motifs is 1. The zero-order valence-corrected chi connectivity index (χ0v) is 14.0. The van der Waals surface area contributed by atoms with Crippen molar-refractivity contribution in [3.8, 4) is 5.88 Å². The van der Waals surface area contributed by atoms with Crippen molar-refractivity contribution < 1.29 is 13.9 Å². The average Bonchev–Trinajstić information content (AvgIpc) is 2.60. The second-order valence-corrected chi connectivity index (χ2v) is 6.51. The Balaban J connectivity index is 1.63. The molecule has 24 heavy (non-hydrogen) atoms. The van der Waals surface area contributed by atoms with Crippen molar-refractivity contribution in [2.24, 2.45) is 0 Å².